The highest BCUT2D eigenvalue weighted by Crippen LogP contribution is 2.14. The van der Waals surface area contributed by atoms with Crippen LogP contribution in [-0.2, 0) is 6.42 Å². The Kier molecular flexibility index (Phi) is 5.15. The van der Waals surface area contributed by atoms with Gasteiger partial charge in [-0.3, -0.25) is 4.68 Å². The maximum absolute atomic E-state index is 10.2. The van der Waals surface area contributed by atoms with Gasteiger partial charge in [0.15, 0.2) is 0 Å². The van der Waals surface area contributed by atoms with Gasteiger partial charge in [0.05, 0.1) is 11.3 Å². The number of nitrogens with one attached hydrogen (secondary N) is 1. The van der Waals surface area contributed by atoms with Crippen molar-refractivity contribution < 1.29 is 5.11 Å². The van der Waals surface area contributed by atoms with Crippen molar-refractivity contribution in [2.45, 2.75) is 52.2 Å². The number of aliphatic hydroxyl groups is 1. The van der Waals surface area contributed by atoms with E-state index in [4.69, 9.17) is 0 Å². The van der Waals surface area contributed by atoms with E-state index in [1.165, 1.54) is 0 Å². The Morgan fingerprint density at radius 1 is 1.53 bits per heavy atom. The number of rotatable bonds is 7. The Morgan fingerprint density at radius 2 is 2.24 bits per heavy atom. The summed E-state index contributed by atoms with van der Waals surface area (Å²) in [5, 5.41) is 17.9. The third kappa shape index (κ3) is 4.48. The molecule has 0 radical (unpaired) electrons. The van der Waals surface area contributed by atoms with Crippen LogP contribution in [0, 0.1) is 0 Å². The Bertz CT molecular complexity index is 333. The molecule has 1 aromatic rings. The average molecular weight is 239 g/mol. The van der Waals surface area contributed by atoms with Crippen LogP contribution in [0.5, 0.6) is 0 Å². The molecular weight excluding hydrogens is 214 g/mol. The molecule has 2 unspecified atom stereocenters. The first-order valence-electron chi connectivity index (χ1n) is 6.45. The molecule has 0 aliphatic rings. The lowest BCUT2D eigenvalue weighted by atomic mass is 10.0. The molecule has 0 aliphatic carbocycles. The molecule has 0 aromatic carbocycles. The Morgan fingerprint density at radius 3 is 2.82 bits per heavy atom. The van der Waals surface area contributed by atoms with Crippen molar-refractivity contribution in [1.29, 1.82) is 0 Å². The molecule has 2 N–H and O–H groups in total. The largest absolute Gasteiger partial charge is 0.388 e. The first-order chi connectivity index (χ1) is 7.98. The molecule has 0 fully saturated rings. The molecule has 17 heavy (non-hydrogen) atoms. The van der Waals surface area contributed by atoms with Crippen LogP contribution in [0.3, 0.4) is 0 Å². The molecule has 0 bridgehead atoms. The van der Waals surface area contributed by atoms with E-state index < -0.39 is 5.60 Å². The normalized spacial score (nSPS) is 16.8. The molecular formula is C13H25N3O. The second kappa shape index (κ2) is 6.17. The molecule has 98 valence electrons. The highest BCUT2D eigenvalue weighted by atomic mass is 16.3. The van der Waals surface area contributed by atoms with Crippen molar-refractivity contribution in [3.8, 4) is 0 Å². The number of nitrogens with zero attached hydrogens (tertiary/aromatic N) is 2. The molecule has 0 amide bonds. The zero-order valence-corrected chi connectivity index (χ0v) is 11.4. The Balaban J connectivity index is 2.59. The van der Waals surface area contributed by atoms with Crippen LogP contribution < -0.4 is 5.32 Å². The van der Waals surface area contributed by atoms with Crippen LogP contribution >= 0.6 is 0 Å². The summed E-state index contributed by atoms with van der Waals surface area (Å²) in [5.74, 6) is 0. The summed E-state index contributed by atoms with van der Waals surface area (Å²) in [6.45, 7) is 9.64. The van der Waals surface area contributed by atoms with Crippen molar-refractivity contribution in [1.82, 2.24) is 15.1 Å². The van der Waals surface area contributed by atoms with Gasteiger partial charge in [0.2, 0.25) is 0 Å². The van der Waals surface area contributed by atoms with E-state index in [1.807, 2.05) is 30.8 Å². The summed E-state index contributed by atoms with van der Waals surface area (Å²) in [6.07, 6.45) is 3.64. The zero-order valence-electron chi connectivity index (χ0n) is 11.4. The maximum atomic E-state index is 10.2. The highest BCUT2D eigenvalue weighted by Gasteiger charge is 2.21. The van der Waals surface area contributed by atoms with Crippen molar-refractivity contribution in [3.63, 3.8) is 0 Å². The van der Waals surface area contributed by atoms with Crippen LogP contribution in [-0.4, -0.2) is 33.6 Å². The fourth-order valence-corrected chi connectivity index (χ4v) is 1.75. The van der Waals surface area contributed by atoms with Crippen LogP contribution in [0.2, 0.25) is 0 Å². The Labute approximate surface area is 104 Å². The van der Waals surface area contributed by atoms with Gasteiger partial charge in [0, 0.05) is 25.2 Å². The minimum absolute atomic E-state index is 0.419. The molecule has 0 aliphatic heterocycles. The zero-order chi connectivity index (χ0) is 12.9. The third-order valence-electron chi connectivity index (χ3n) is 3.02. The summed E-state index contributed by atoms with van der Waals surface area (Å²) < 4.78 is 1.97. The van der Waals surface area contributed by atoms with Gasteiger partial charge in [0.1, 0.15) is 0 Å². The second-order valence-corrected chi connectivity index (χ2v) is 5.00. The summed E-state index contributed by atoms with van der Waals surface area (Å²) in [6, 6.07) is 2.41. The van der Waals surface area contributed by atoms with E-state index in [9.17, 15) is 5.11 Å². The van der Waals surface area contributed by atoms with Crippen LogP contribution in [0.4, 0.5) is 0 Å². The summed E-state index contributed by atoms with van der Waals surface area (Å²) in [4.78, 5) is 0. The van der Waals surface area contributed by atoms with Gasteiger partial charge in [-0.2, -0.15) is 5.10 Å². The SMILES string of the molecule is CCNCC(C)(O)Cc1ccn(C(C)CC)n1. The summed E-state index contributed by atoms with van der Waals surface area (Å²) >= 11 is 0. The highest BCUT2D eigenvalue weighted by molar-refractivity contribution is 5.04. The molecule has 4 heteroatoms. The van der Waals surface area contributed by atoms with Crippen molar-refractivity contribution in [2.75, 3.05) is 13.1 Å². The van der Waals surface area contributed by atoms with Gasteiger partial charge in [-0.15, -0.1) is 0 Å². The van der Waals surface area contributed by atoms with E-state index in [1.54, 1.807) is 0 Å². The quantitative estimate of drug-likeness (QED) is 0.762. The second-order valence-electron chi connectivity index (χ2n) is 5.00. The van der Waals surface area contributed by atoms with E-state index in [2.05, 4.69) is 24.3 Å². The molecule has 1 rings (SSSR count). The lowest BCUT2D eigenvalue weighted by molar-refractivity contribution is 0.0595. The molecule has 1 aromatic heterocycles. The first kappa shape index (κ1) is 14.2. The maximum Gasteiger partial charge on any atom is 0.0799 e. The fraction of sp³-hybridized carbons (Fsp3) is 0.769. The van der Waals surface area contributed by atoms with Crippen molar-refractivity contribution in [3.05, 3.63) is 18.0 Å². The molecule has 0 spiro atoms. The predicted molar refractivity (Wildman–Crippen MR) is 70.1 cm³/mol. The van der Waals surface area contributed by atoms with Gasteiger partial charge in [-0.1, -0.05) is 13.8 Å². The minimum atomic E-state index is -0.732. The fourth-order valence-electron chi connectivity index (χ4n) is 1.75. The Hall–Kier alpha value is -0.870. The van der Waals surface area contributed by atoms with Crippen LogP contribution in [0.1, 0.15) is 45.9 Å². The van der Waals surface area contributed by atoms with Gasteiger partial charge in [-0.25, -0.2) is 0 Å². The van der Waals surface area contributed by atoms with Crippen molar-refractivity contribution in [2.24, 2.45) is 0 Å². The monoisotopic (exact) mass is 239 g/mol. The predicted octanol–water partition coefficient (Wildman–Crippen LogP) is 1.76. The number of aromatic nitrogens is 2. The summed E-state index contributed by atoms with van der Waals surface area (Å²) in [7, 11) is 0. The van der Waals surface area contributed by atoms with E-state index in [-0.39, 0.29) is 0 Å². The number of hydrogen-bond acceptors (Lipinski definition) is 3. The molecule has 0 saturated heterocycles. The molecule has 1 heterocycles. The van der Waals surface area contributed by atoms with Gasteiger partial charge in [0.25, 0.3) is 0 Å². The van der Waals surface area contributed by atoms with E-state index in [0.29, 0.717) is 19.0 Å². The third-order valence-corrected chi connectivity index (χ3v) is 3.02. The van der Waals surface area contributed by atoms with Crippen LogP contribution in [0.15, 0.2) is 12.3 Å². The lowest BCUT2D eigenvalue weighted by Crippen LogP contribution is -2.39. The topological polar surface area (TPSA) is 50.1 Å². The van der Waals surface area contributed by atoms with Gasteiger partial charge < -0.3 is 10.4 Å². The minimum Gasteiger partial charge on any atom is -0.388 e. The number of likely N-dealkylation sites (N-methyl/N-ethyl adjacent to an activating group) is 1. The standard InChI is InChI=1S/C13H25N3O/c1-5-11(3)16-8-7-12(15-16)9-13(4,17)10-14-6-2/h7-8,11,14,17H,5-6,9-10H2,1-4H3. The molecule has 2 atom stereocenters. The van der Waals surface area contributed by atoms with Crippen LogP contribution in [0.25, 0.3) is 0 Å². The lowest BCUT2D eigenvalue weighted by Gasteiger charge is -2.22. The first-order valence-corrected chi connectivity index (χ1v) is 6.45. The van der Waals surface area contributed by atoms with Crippen molar-refractivity contribution >= 4 is 0 Å². The summed E-state index contributed by atoms with van der Waals surface area (Å²) in [5.41, 5.74) is 0.221. The van der Waals surface area contributed by atoms with E-state index >= 15 is 0 Å². The average Bonchev–Trinajstić information content (AvgIpc) is 2.73. The molecule has 0 saturated carbocycles. The smallest absolute Gasteiger partial charge is 0.0799 e. The number of hydrogen-bond donors (Lipinski definition) is 2. The van der Waals surface area contributed by atoms with Gasteiger partial charge >= 0.3 is 0 Å². The molecule has 4 nitrogen and oxygen atoms in total. The van der Waals surface area contributed by atoms with Gasteiger partial charge in [-0.05, 0) is 32.9 Å². The van der Waals surface area contributed by atoms with E-state index in [0.717, 1.165) is 18.7 Å².